The topological polar surface area (TPSA) is 84.9 Å². The predicted molar refractivity (Wildman–Crippen MR) is 131 cm³/mol. The number of hydrogen-bond donors (Lipinski definition) is 3. The minimum Gasteiger partial charge on any atom is -0.359 e. The summed E-state index contributed by atoms with van der Waals surface area (Å²) in [5, 5.41) is 17.9. The van der Waals surface area contributed by atoms with Crippen molar-refractivity contribution < 1.29 is 14.7 Å². The molecule has 0 aromatic heterocycles. The van der Waals surface area contributed by atoms with Crippen LogP contribution < -0.4 is 15.5 Å². The van der Waals surface area contributed by atoms with Crippen molar-refractivity contribution in [2.45, 2.75) is 31.9 Å². The molecular formula is C24H28Cl2N4O3. The lowest BCUT2D eigenvalue weighted by Crippen LogP contribution is -2.62. The third-order valence-electron chi connectivity index (χ3n) is 6.23. The molecule has 1 fully saturated rings. The fraction of sp³-hybridized carbons (Fsp3) is 0.417. The number of carbonyl (C=O) groups is 2. The highest BCUT2D eigenvalue weighted by Crippen LogP contribution is 2.41. The van der Waals surface area contributed by atoms with Crippen LogP contribution in [0.2, 0.25) is 10.0 Å². The van der Waals surface area contributed by atoms with Crippen LogP contribution in [-0.2, 0) is 10.5 Å². The Kier molecular flexibility index (Phi) is 7.14. The van der Waals surface area contributed by atoms with Crippen LogP contribution in [0.4, 0.5) is 16.2 Å². The number of amides is 3. The van der Waals surface area contributed by atoms with Gasteiger partial charge in [-0.2, -0.15) is 0 Å². The van der Waals surface area contributed by atoms with Gasteiger partial charge in [0.1, 0.15) is 0 Å². The van der Waals surface area contributed by atoms with Crippen LogP contribution in [0.25, 0.3) is 0 Å². The molecule has 2 aromatic carbocycles. The van der Waals surface area contributed by atoms with Crippen molar-refractivity contribution in [2.24, 2.45) is 5.92 Å². The summed E-state index contributed by atoms with van der Waals surface area (Å²) in [6.07, 6.45) is 3.19. The molecular weight excluding hydrogens is 463 g/mol. The van der Waals surface area contributed by atoms with Crippen molar-refractivity contribution in [3.05, 3.63) is 58.1 Å². The van der Waals surface area contributed by atoms with Gasteiger partial charge in [0.15, 0.2) is 0 Å². The molecule has 1 saturated heterocycles. The Balaban J connectivity index is 1.56. The Morgan fingerprint density at radius 3 is 2.79 bits per heavy atom. The van der Waals surface area contributed by atoms with Gasteiger partial charge in [0.05, 0.1) is 21.4 Å². The van der Waals surface area contributed by atoms with Crippen molar-refractivity contribution >= 4 is 46.5 Å². The Labute approximate surface area is 203 Å². The number of nitrogens with zero attached hydrogens (tertiary/aromatic N) is 2. The number of anilines is 2. The zero-order valence-electron chi connectivity index (χ0n) is 18.5. The molecule has 0 spiro atoms. The summed E-state index contributed by atoms with van der Waals surface area (Å²) in [5.41, 5.74) is -1.36. The van der Waals surface area contributed by atoms with E-state index in [1.165, 1.54) is 31.0 Å². The van der Waals surface area contributed by atoms with E-state index in [9.17, 15) is 14.7 Å². The number of urea groups is 1. The van der Waals surface area contributed by atoms with Crippen LogP contribution in [0.15, 0.2) is 42.5 Å². The molecule has 2 unspecified atom stereocenters. The third-order valence-corrected chi connectivity index (χ3v) is 6.97. The lowest BCUT2D eigenvalue weighted by Gasteiger charge is -2.42. The van der Waals surface area contributed by atoms with Crippen molar-refractivity contribution in [3.63, 3.8) is 0 Å². The standard InChI is InChI=1S/C24H28Cl2N4O3/c1-16-6-4-12-29(15-16)13-5-11-27-22(31)24(33)18-7-2-3-8-21(18)28-23(32)30(24)17-9-10-19(25)20(26)14-17/h2-3,7-10,14,16,33H,4-6,11-13,15H2,1H3,(H,27,31)(H,28,32). The Hall–Kier alpha value is -2.32. The first kappa shape index (κ1) is 23.8. The number of aliphatic hydroxyl groups is 1. The summed E-state index contributed by atoms with van der Waals surface area (Å²) in [6.45, 7) is 5.64. The molecule has 0 aliphatic carbocycles. The van der Waals surface area contributed by atoms with Gasteiger partial charge < -0.3 is 20.6 Å². The lowest BCUT2D eigenvalue weighted by molar-refractivity contribution is -0.140. The molecule has 0 bridgehead atoms. The summed E-state index contributed by atoms with van der Waals surface area (Å²) in [5.74, 6) is 0.00829. The fourth-order valence-electron chi connectivity index (χ4n) is 4.60. The second-order valence-corrected chi connectivity index (χ2v) is 9.55. The average molecular weight is 491 g/mol. The molecule has 2 aromatic rings. The maximum absolute atomic E-state index is 13.4. The summed E-state index contributed by atoms with van der Waals surface area (Å²) in [6, 6.07) is 10.6. The van der Waals surface area contributed by atoms with Crippen LogP contribution >= 0.6 is 23.2 Å². The van der Waals surface area contributed by atoms with E-state index in [2.05, 4.69) is 22.5 Å². The van der Waals surface area contributed by atoms with Crippen LogP contribution in [0, 0.1) is 5.92 Å². The number of hydrogen-bond acceptors (Lipinski definition) is 4. The lowest BCUT2D eigenvalue weighted by atomic mass is 9.94. The molecule has 2 heterocycles. The number of rotatable bonds is 6. The highest BCUT2D eigenvalue weighted by Gasteiger charge is 2.51. The van der Waals surface area contributed by atoms with Gasteiger partial charge in [-0.1, -0.05) is 48.3 Å². The van der Waals surface area contributed by atoms with E-state index in [1.54, 1.807) is 24.3 Å². The first-order valence-corrected chi connectivity index (χ1v) is 11.9. The van der Waals surface area contributed by atoms with Crippen molar-refractivity contribution in [1.82, 2.24) is 10.2 Å². The van der Waals surface area contributed by atoms with Gasteiger partial charge >= 0.3 is 6.03 Å². The average Bonchev–Trinajstić information content (AvgIpc) is 2.79. The maximum atomic E-state index is 13.4. The number of carbonyl (C=O) groups excluding carboxylic acids is 2. The molecule has 176 valence electrons. The first-order chi connectivity index (χ1) is 15.8. The molecule has 2 atom stereocenters. The van der Waals surface area contributed by atoms with Gasteiger partial charge in [-0.15, -0.1) is 0 Å². The Bertz CT molecular complexity index is 1050. The number of piperidine rings is 1. The number of nitrogens with one attached hydrogen (secondary N) is 2. The summed E-state index contributed by atoms with van der Waals surface area (Å²) in [4.78, 5) is 29.9. The molecule has 2 aliphatic rings. The van der Waals surface area contributed by atoms with E-state index in [-0.39, 0.29) is 16.3 Å². The normalized spacial score (nSPS) is 23.1. The van der Waals surface area contributed by atoms with Crippen LogP contribution in [-0.4, -0.2) is 48.1 Å². The zero-order chi connectivity index (χ0) is 23.6. The van der Waals surface area contributed by atoms with E-state index >= 15 is 0 Å². The van der Waals surface area contributed by atoms with Crippen molar-refractivity contribution in [1.29, 1.82) is 0 Å². The number of para-hydroxylation sites is 1. The monoisotopic (exact) mass is 490 g/mol. The third kappa shape index (κ3) is 4.82. The molecule has 3 amide bonds. The van der Waals surface area contributed by atoms with Gasteiger partial charge in [-0.25, -0.2) is 4.79 Å². The van der Waals surface area contributed by atoms with E-state index in [1.807, 2.05) is 0 Å². The van der Waals surface area contributed by atoms with Crippen LogP contribution in [0.5, 0.6) is 0 Å². The first-order valence-electron chi connectivity index (χ1n) is 11.2. The van der Waals surface area contributed by atoms with E-state index in [0.29, 0.717) is 23.2 Å². The second kappa shape index (κ2) is 9.89. The molecule has 9 heteroatoms. The van der Waals surface area contributed by atoms with Crippen LogP contribution in [0.3, 0.4) is 0 Å². The number of halogens is 2. The summed E-state index contributed by atoms with van der Waals surface area (Å²) in [7, 11) is 0. The van der Waals surface area contributed by atoms with E-state index < -0.39 is 17.7 Å². The number of fused-ring (bicyclic) bond motifs is 1. The smallest absolute Gasteiger partial charge is 0.329 e. The number of likely N-dealkylation sites (tertiary alicyclic amines) is 1. The zero-order valence-corrected chi connectivity index (χ0v) is 20.0. The van der Waals surface area contributed by atoms with Gasteiger partial charge in [-0.05, 0) is 62.5 Å². The van der Waals surface area contributed by atoms with Gasteiger partial charge in [-0.3, -0.25) is 9.69 Å². The quantitative estimate of drug-likeness (QED) is 0.522. The van der Waals surface area contributed by atoms with Crippen molar-refractivity contribution in [3.8, 4) is 0 Å². The minimum absolute atomic E-state index is 0.208. The van der Waals surface area contributed by atoms with Gasteiger partial charge in [0.2, 0.25) is 0 Å². The van der Waals surface area contributed by atoms with E-state index in [0.717, 1.165) is 31.0 Å². The highest BCUT2D eigenvalue weighted by molar-refractivity contribution is 6.42. The van der Waals surface area contributed by atoms with Crippen LogP contribution in [0.1, 0.15) is 31.7 Å². The fourth-order valence-corrected chi connectivity index (χ4v) is 4.90. The molecule has 33 heavy (non-hydrogen) atoms. The highest BCUT2D eigenvalue weighted by atomic mass is 35.5. The summed E-state index contributed by atoms with van der Waals surface area (Å²) < 4.78 is 0. The second-order valence-electron chi connectivity index (χ2n) is 8.74. The number of benzene rings is 2. The molecule has 0 saturated carbocycles. The molecule has 0 radical (unpaired) electrons. The molecule has 4 rings (SSSR count). The Morgan fingerprint density at radius 2 is 2.03 bits per heavy atom. The van der Waals surface area contributed by atoms with E-state index in [4.69, 9.17) is 23.2 Å². The minimum atomic E-state index is -2.25. The molecule has 2 aliphatic heterocycles. The van der Waals surface area contributed by atoms with Gasteiger partial charge in [0.25, 0.3) is 11.6 Å². The largest absolute Gasteiger partial charge is 0.359 e. The SMILES string of the molecule is CC1CCCN(CCCNC(=O)C2(O)c3ccccc3NC(=O)N2c2ccc(Cl)c(Cl)c2)C1. The summed E-state index contributed by atoms with van der Waals surface area (Å²) >= 11 is 12.2. The molecule has 7 nitrogen and oxygen atoms in total. The maximum Gasteiger partial charge on any atom is 0.329 e. The Morgan fingerprint density at radius 1 is 1.24 bits per heavy atom. The van der Waals surface area contributed by atoms with Crippen molar-refractivity contribution in [2.75, 3.05) is 36.4 Å². The molecule has 3 N–H and O–H groups in total. The predicted octanol–water partition coefficient (Wildman–Crippen LogP) is 4.43. The van der Waals surface area contributed by atoms with Gasteiger partial charge in [0, 0.05) is 18.7 Å².